The van der Waals surface area contributed by atoms with Crippen LogP contribution in [0.3, 0.4) is 0 Å². The Kier molecular flexibility index (Phi) is 29.0. The van der Waals surface area contributed by atoms with Crippen LogP contribution in [0.2, 0.25) is 18.1 Å². The number of ether oxygens (including phenoxy) is 11. The average molecular weight is 721 g/mol. The van der Waals surface area contributed by atoms with Crippen molar-refractivity contribution in [3.63, 3.8) is 0 Å². The molecule has 0 heterocycles. The van der Waals surface area contributed by atoms with Crippen molar-refractivity contribution in [1.29, 1.82) is 0 Å². The van der Waals surface area contributed by atoms with Gasteiger partial charge in [-0.2, -0.15) is 0 Å². The van der Waals surface area contributed by atoms with Gasteiger partial charge in [0.05, 0.1) is 139 Å². The van der Waals surface area contributed by atoms with Gasteiger partial charge in [0.25, 0.3) is 0 Å². The molecule has 13 nitrogen and oxygen atoms in total. The first-order valence-corrected chi connectivity index (χ1v) is 20.3. The van der Waals surface area contributed by atoms with Gasteiger partial charge in [-0.15, -0.1) is 0 Å². The molecule has 0 aliphatic heterocycles. The van der Waals surface area contributed by atoms with E-state index in [0.29, 0.717) is 157 Å². The van der Waals surface area contributed by atoms with Gasteiger partial charge in [-0.05, 0) is 42.4 Å². The highest BCUT2D eigenvalue weighted by Crippen LogP contribution is 2.36. The third kappa shape index (κ3) is 27.8. The molecule has 0 aliphatic rings. The molecule has 0 bridgehead atoms. The number of hydrogen-bond acceptors (Lipinski definition) is 13. The summed E-state index contributed by atoms with van der Waals surface area (Å²) in [5, 5.41) is 0.214. The Hall–Kier alpha value is -1.53. The van der Waals surface area contributed by atoms with Gasteiger partial charge < -0.3 is 56.5 Å². The summed E-state index contributed by atoms with van der Waals surface area (Å²) in [6, 6.07) is 6.94. The molecule has 1 rings (SSSR count). The van der Waals surface area contributed by atoms with E-state index in [2.05, 4.69) is 33.9 Å². The molecule has 0 unspecified atom stereocenters. The highest BCUT2D eigenvalue weighted by molar-refractivity contribution is 6.74. The zero-order valence-corrected chi connectivity index (χ0v) is 31.8. The average Bonchev–Trinajstić information content (AvgIpc) is 3.08. The number of carbonyl (C=O) groups excluding carboxylic acids is 1. The Bertz CT molecular complexity index is 868. The second-order valence-corrected chi connectivity index (χ2v) is 17.1. The fourth-order valence-electron chi connectivity index (χ4n) is 3.51. The lowest BCUT2D eigenvalue weighted by Crippen LogP contribution is -2.41. The van der Waals surface area contributed by atoms with Gasteiger partial charge in [-0.1, -0.05) is 20.8 Å². The van der Waals surface area contributed by atoms with Crippen LogP contribution in [0.15, 0.2) is 24.3 Å². The van der Waals surface area contributed by atoms with E-state index < -0.39 is 8.32 Å². The molecule has 0 fully saturated rings. The van der Waals surface area contributed by atoms with Gasteiger partial charge >= 0.3 is 0 Å². The highest BCUT2D eigenvalue weighted by Gasteiger charge is 2.36. The lowest BCUT2D eigenvalue weighted by atomic mass is 10.2. The molecule has 1 aromatic carbocycles. The number of carbonyl (C=O) groups is 1. The van der Waals surface area contributed by atoms with Crippen LogP contribution in [0.4, 0.5) is 0 Å². The van der Waals surface area contributed by atoms with Crippen LogP contribution < -0.4 is 4.74 Å². The Morgan fingerprint density at radius 3 is 0.980 bits per heavy atom. The van der Waals surface area contributed by atoms with Gasteiger partial charge in [0, 0.05) is 5.56 Å². The van der Waals surface area contributed by atoms with E-state index >= 15 is 0 Å². The van der Waals surface area contributed by atoms with E-state index in [9.17, 15) is 4.79 Å². The second kappa shape index (κ2) is 31.2. The molecular weight excluding hydrogens is 656 g/mol. The topological polar surface area (TPSA) is 128 Å². The van der Waals surface area contributed by atoms with E-state index in [0.717, 1.165) is 6.29 Å². The lowest BCUT2D eigenvalue weighted by Gasteiger charge is -2.36. The first-order valence-electron chi connectivity index (χ1n) is 17.4. The van der Waals surface area contributed by atoms with Crippen molar-refractivity contribution in [2.24, 2.45) is 0 Å². The van der Waals surface area contributed by atoms with Gasteiger partial charge in [0.2, 0.25) is 0 Å². The summed E-state index contributed by atoms with van der Waals surface area (Å²) in [7, 11) is -1.70. The van der Waals surface area contributed by atoms with Crippen LogP contribution in [0.25, 0.3) is 0 Å². The predicted molar refractivity (Wildman–Crippen MR) is 189 cm³/mol. The van der Waals surface area contributed by atoms with Crippen molar-refractivity contribution in [3.05, 3.63) is 29.8 Å². The van der Waals surface area contributed by atoms with Crippen LogP contribution in [0, 0.1) is 0 Å². The molecule has 0 atom stereocenters. The number of rotatable bonds is 36. The van der Waals surface area contributed by atoms with Gasteiger partial charge in [-0.25, -0.2) is 0 Å². The monoisotopic (exact) mass is 720 g/mol. The molecular formula is C35H64O13Si. The largest absolute Gasteiger partial charge is 0.491 e. The molecule has 0 saturated heterocycles. The highest BCUT2D eigenvalue weighted by atomic mass is 28.4. The summed E-state index contributed by atoms with van der Waals surface area (Å²) in [6.07, 6.45) is 0.799. The van der Waals surface area contributed by atoms with Crippen molar-refractivity contribution in [2.45, 2.75) is 38.9 Å². The smallest absolute Gasteiger partial charge is 0.192 e. The molecule has 49 heavy (non-hydrogen) atoms. The molecule has 0 spiro atoms. The van der Waals surface area contributed by atoms with E-state index in [-0.39, 0.29) is 5.04 Å². The van der Waals surface area contributed by atoms with Crippen molar-refractivity contribution >= 4 is 14.6 Å². The summed E-state index contributed by atoms with van der Waals surface area (Å²) in [4.78, 5) is 10.6. The second-order valence-electron chi connectivity index (χ2n) is 12.3. The zero-order chi connectivity index (χ0) is 35.7. The van der Waals surface area contributed by atoms with Crippen LogP contribution in [-0.4, -0.2) is 160 Å². The quantitative estimate of drug-likeness (QED) is 0.0562. The van der Waals surface area contributed by atoms with Crippen LogP contribution in [0.5, 0.6) is 5.75 Å². The Morgan fingerprint density at radius 2 is 0.714 bits per heavy atom. The normalized spacial score (nSPS) is 12.1. The molecule has 0 saturated carbocycles. The van der Waals surface area contributed by atoms with Crippen molar-refractivity contribution in [2.75, 3.05) is 145 Å². The molecule has 0 N–H and O–H groups in total. The summed E-state index contributed by atoms with van der Waals surface area (Å²) in [5.74, 6) is 0.705. The molecule has 0 aromatic heterocycles. The third-order valence-electron chi connectivity index (χ3n) is 7.36. The van der Waals surface area contributed by atoms with Crippen molar-refractivity contribution < 1.29 is 61.3 Å². The van der Waals surface area contributed by atoms with E-state index in [1.807, 2.05) is 0 Å². The van der Waals surface area contributed by atoms with Crippen LogP contribution in [0.1, 0.15) is 31.1 Å². The first kappa shape index (κ1) is 45.5. The van der Waals surface area contributed by atoms with Gasteiger partial charge in [0.1, 0.15) is 18.6 Å². The minimum atomic E-state index is -1.70. The van der Waals surface area contributed by atoms with E-state index in [4.69, 9.17) is 56.5 Å². The first-order chi connectivity index (χ1) is 23.8. The number of aldehydes is 1. The number of benzene rings is 1. The SMILES string of the molecule is CC(C)(C)[Si](C)(C)OCCOCCOCCOCCOCCOCCOCCOCCOCCOCCOCCOc1ccc(C=O)cc1. The Morgan fingerprint density at radius 1 is 0.449 bits per heavy atom. The van der Waals surface area contributed by atoms with Crippen molar-refractivity contribution in [3.8, 4) is 5.75 Å². The van der Waals surface area contributed by atoms with Gasteiger partial charge in [0.15, 0.2) is 8.32 Å². The molecule has 0 amide bonds. The fraction of sp³-hybridized carbons (Fsp3) is 0.800. The standard InChI is InChI=1S/C35H64O13Si/c1-35(2,3)49(4,5)48-31-29-46-27-25-44-23-21-42-19-17-40-15-13-38-11-10-37-12-14-39-16-18-41-20-22-43-24-26-45-28-30-47-34-8-6-33(32-36)7-9-34/h6-9,32H,10-31H2,1-5H3. The maximum absolute atomic E-state index is 10.6. The molecule has 0 radical (unpaired) electrons. The zero-order valence-electron chi connectivity index (χ0n) is 30.8. The summed E-state index contributed by atoms with van der Waals surface area (Å²) in [6.45, 7) is 22.4. The molecule has 14 heteroatoms. The lowest BCUT2D eigenvalue weighted by molar-refractivity contribution is -0.0270. The van der Waals surface area contributed by atoms with E-state index in [1.54, 1.807) is 24.3 Å². The number of hydrogen-bond donors (Lipinski definition) is 0. The summed E-state index contributed by atoms with van der Waals surface area (Å²) in [5.41, 5.74) is 0.618. The fourth-order valence-corrected chi connectivity index (χ4v) is 4.54. The van der Waals surface area contributed by atoms with Crippen LogP contribution in [-0.2, 0) is 51.8 Å². The minimum absolute atomic E-state index is 0.214. The minimum Gasteiger partial charge on any atom is -0.491 e. The van der Waals surface area contributed by atoms with Crippen molar-refractivity contribution in [1.82, 2.24) is 0 Å². The maximum Gasteiger partial charge on any atom is 0.192 e. The van der Waals surface area contributed by atoms with Crippen LogP contribution >= 0.6 is 0 Å². The molecule has 1 aromatic rings. The third-order valence-corrected chi connectivity index (χ3v) is 11.9. The maximum atomic E-state index is 10.6. The molecule has 0 aliphatic carbocycles. The summed E-state index contributed by atoms with van der Waals surface area (Å²) < 4.78 is 66.6. The summed E-state index contributed by atoms with van der Waals surface area (Å²) >= 11 is 0. The van der Waals surface area contributed by atoms with Gasteiger partial charge in [-0.3, -0.25) is 4.79 Å². The predicted octanol–water partition coefficient (Wildman–Crippen LogP) is 4.07. The molecule has 286 valence electrons. The van der Waals surface area contributed by atoms with E-state index in [1.165, 1.54) is 0 Å². The Labute approximate surface area is 295 Å². The Balaban J connectivity index is 1.66.